The van der Waals surface area contributed by atoms with E-state index in [-0.39, 0.29) is 6.04 Å². The van der Waals surface area contributed by atoms with Crippen molar-refractivity contribution in [3.8, 4) is 0 Å². The van der Waals surface area contributed by atoms with E-state index in [1.807, 2.05) is 18.2 Å². The highest BCUT2D eigenvalue weighted by Crippen LogP contribution is 2.38. The third kappa shape index (κ3) is 2.41. The zero-order valence-corrected chi connectivity index (χ0v) is 11.7. The van der Waals surface area contributed by atoms with E-state index < -0.39 is 0 Å². The quantitative estimate of drug-likeness (QED) is 0.673. The topological polar surface area (TPSA) is 50.9 Å². The standard InChI is InChI=1S/C14H16BrN3/c15-11-8-10-3-1-2-4-12(10)17-14(11)13(18-16)7-9-5-6-9/h1-4,8-9,13,18H,5-7,16H2. The predicted octanol–water partition coefficient (Wildman–Crippen LogP) is 3.30. The molecule has 3 rings (SSSR count). The molecule has 1 aromatic heterocycles. The lowest BCUT2D eigenvalue weighted by Gasteiger charge is -2.17. The van der Waals surface area contributed by atoms with Crippen molar-refractivity contribution < 1.29 is 0 Å². The summed E-state index contributed by atoms with van der Waals surface area (Å²) in [5, 5.41) is 1.15. The summed E-state index contributed by atoms with van der Waals surface area (Å²) in [5.74, 6) is 6.49. The van der Waals surface area contributed by atoms with Gasteiger partial charge in [-0.25, -0.2) is 4.98 Å². The molecule has 3 nitrogen and oxygen atoms in total. The van der Waals surface area contributed by atoms with Gasteiger partial charge in [-0.1, -0.05) is 31.0 Å². The zero-order valence-electron chi connectivity index (χ0n) is 10.1. The Morgan fingerprint density at radius 2 is 2.17 bits per heavy atom. The van der Waals surface area contributed by atoms with Crippen LogP contribution >= 0.6 is 15.9 Å². The Hall–Kier alpha value is -0.970. The number of fused-ring (bicyclic) bond motifs is 1. The number of hydrazine groups is 1. The average molecular weight is 306 g/mol. The van der Waals surface area contributed by atoms with Crippen molar-refractivity contribution in [2.24, 2.45) is 11.8 Å². The molecule has 94 valence electrons. The number of rotatable bonds is 4. The molecule has 0 spiro atoms. The Morgan fingerprint density at radius 3 is 2.89 bits per heavy atom. The van der Waals surface area contributed by atoms with Gasteiger partial charge < -0.3 is 0 Å². The summed E-state index contributed by atoms with van der Waals surface area (Å²) >= 11 is 3.61. The minimum absolute atomic E-state index is 0.136. The average Bonchev–Trinajstić information content (AvgIpc) is 3.19. The molecule has 1 unspecified atom stereocenters. The van der Waals surface area contributed by atoms with Gasteiger partial charge in [0.1, 0.15) is 0 Å². The Balaban J connectivity index is 2.00. The van der Waals surface area contributed by atoms with E-state index >= 15 is 0 Å². The number of halogens is 1. The minimum Gasteiger partial charge on any atom is -0.271 e. The van der Waals surface area contributed by atoms with Gasteiger partial charge in [0.15, 0.2) is 0 Å². The highest BCUT2D eigenvalue weighted by molar-refractivity contribution is 9.10. The first-order valence-electron chi connectivity index (χ1n) is 6.29. The molecule has 2 aromatic rings. The molecule has 0 bridgehead atoms. The van der Waals surface area contributed by atoms with Crippen LogP contribution in [0, 0.1) is 5.92 Å². The Bertz CT molecular complexity index is 566. The number of hydrogen-bond acceptors (Lipinski definition) is 3. The number of aromatic nitrogens is 1. The normalized spacial score (nSPS) is 17.0. The van der Waals surface area contributed by atoms with Gasteiger partial charge in [-0.3, -0.25) is 11.3 Å². The van der Waals surface area contributed by atoms with Gasteiger partial charge in [0, 0.05) is 9.86 Å². The Morgan fingerprint density at radius 1 is 1.39 bits per heavy atom. The molecule has 1 saturated carbocycles. The van der Waals surface area contributed by atoms with E-state index in [2.05, 4.69) is 33.5 Å². The fourth-order valence-electron chi connectivity index (χ4n) is 2.29. The first kappa shape index (κ1) is 12.1. The number of nitrogens with zero attached hydrogens (tertiary/aromatic N) is 1. The summed E-state index contributed by atoms with van der Waals surface area (Å²) in [7, 11) is 0. The van der Waals surface area contributed by atoms with E-state index in [1.165, 1.54) is 12.8 Å². The van der Waals surface area contributed by atoms with Crippen molar-refractivity contribution in [1.29, 1.82) is 0 Å². The maximum Gasteiger partial charge on any atom is 0.0736 e. The summed E-state index contributed by atoms with van der Waals surface area (Å²) in [5.41, 5.74) is 4.94. The molecular weight excluding hydrogens is 290 g/mol. The number of pyridine rings is 1. The largest absolute Gasteiger partial charge is 0.271 e. The van der Waals surface area contributed by atoms with Crippen molar-refractivity contribution in [2.45, 2.75) is 25.3 Å². The molecule has 1 atom stereocenters. The second-order valence-electron chi connectivity index (χ2n) is 4.95. The van der Waals surface area contributed by atoms with Crippen molar-refractivity contribution in [3.63, 3.8) is 0 Å². The summed E-state index contributed by atoms with van der Waals surface area (Å²) in [4.78, 5) is 4.74. The molecule has 18 heavy (non-hydrogen) atoms. The number of hydrogen-bond donors (Lipinski definition) is 2. The monoisotopic (exact) mass is 305 g/mol. The highest BCUT2D eigenvalue weighted by atomic mass is 79.9. The van der Waals surface area contributed by atoms with Crippen LogP contribution in [0.25, 0.3) is 10.9 Å². The fraction of sp³-hybridized carbons (Fsp3) is 0.357. The van der Waals surface area contributed by atoms with Crippen LogP contribution < -0.4 is 11.3 Å². The summed E-state index contributed by atoms with van der Waals surface area (Å²) in [6, 6.07) is 10.4. The summed E-state index contributed by atoms with van der Waals surface area (Å²) in [6.07, 6.45) is 3.72. The second-order valence-corrected chi connectivity index (χ2v) is 5.80. The third-order valence-electron chi connectivity index (χ3n) is 3.50. The van der Waals surface area contributed by atoms with Crippen LogP contribution in [-0.2, 0) is 0 Å². The highest BCUT2D eigenvalue weighted by Gasteiger charge is 2.27. The molecule has 1 heterocycles. The van der Waals surface area contributed by atoms with E-state index in [0.29, 0.717) is 0 Å². The molecule has 3 N–H and O–H groups in total. The lowest BCUT2D eigenvalue weighted by atomic mass is 10.1. The lowest BCUT2D eigenvalue weighted by molar-refractivity contribution is 0.476. The minimum atomic E-state index is 0.136. The second kappa shape index (κ2) is 4.96. The molecule has 0 amide bonds. The SMILES string of the molecule is NNC(CC1CC1)c1nc2ccccc2cc1Br. The van der Waals surface area contributed by atoms with E-state index in [9.17, 15) is 0 Å². The first-order valence-corrected chi connectivity index (χ1v) is 7.08. The van der Waals surface area contributed by atoms with Crippen LogP contribution in [-0.4, -0.2) is 4.98 Å². The maximum absolute atomic E-state index is 5.68. The van der Waals surface area contributed by atoms with Gasteiger partial charge in [-0.15, -0.1) is 0 Å². The molecule has 1 aromatic carbocycles. The summed E-state index contributed by atoms with van der Waals surface area (Å²) < 4.78 is 1.03. The first-order chi connectivity index (χ1) is 8.78. The molecule has 0 saturated heterocycles. The predicted molar refractivity (Wildman–Crippen MR) is 76.8 cm³/mol. The van der Waals surface area contributed by atoms with E-state index in [1.54, 1.807) is 0 Å². The molecule has 0 aliphatic heterocycles. The van der Waals surface area contributed by atoms with Crippen LogP contribution in [0.5, 0.6) is 0 Å². The lowest BCUT2D eigenvalue weighted by Crippen LogP contribution is -2.29. The van der Waals surface area contributed by atoms with Gasteiger partial charge >= 0.3 is 0 Å². The Labute approximate surface area is 115 Å². The van der Waals surface area contributed by atoms with Gasteiger partial charge in [-0.05, 0) is 40.4 Å². The van der Waals surface area contributed by atoms with Gasteiger partial charge in [0.25, 0.3) is 0 Å². The fourth-order valence-corrected chi connectivity index (χ4v) is 2.91. The molecule has 0 radical (unpaired) electrons. The van der Waals surface area contributed by atoms with Crippen LogP contribution in [0.4, 0.5) is 0 Å². The molecule has 1 fully saturated rings. The number of para-hydroxylation sites is 1. The van der Waals surface area contributed by atoms with Crippen molar-refractivity contribution in [1.82, 2.24) is 10.4 Å². The van der Waals surface area contributed by atoms with Gasteiger partial charge in [0.2, 0.25) is 0 Å². The molecular formula is C14H16BrN3. The van der Waals surface area contributed by atoms with Crippen LogP contribution in [0.2, 0.25) is 0 Å². The maximum atomic E-state index is 5.68. The number of benzene rings is 1. The number of nitrogens with one attached hydrogen (secondary N) is 1. The Kier molecular flexibility index (Phi) is 3.33. The van der Waals surface area contributed by atoms with Crippen LogP contribution in [0.15, 0.2) is 34.8 Å². The van der Waals surface area contributed by atoms with Gasteiger partial charge in [-0.2, -0.15) is 0 Å². The van der Waals surface area contributed by atoms with Crippen LogP contribution in [0.1, 0.15) is 31.0 Å². The van der Waals surface area contributed by atoms with E-state index in [0.717, 1.165) is 33.4 Å². The summed E-state index contributed by atoms with van der Waals surface area (Å²) in [6.45, 7) is 0. The van der Waals surface area contributed by atoms with Crippen molar-refractivity contribution in [3.05, 3.63) is 40.5 Å². The molecule has 4 heteroatoms. The smallest absolute Gasteiger partial charge is 0.0736 e. The molecule has 1 aliphatic carbocycles. The van der Waals surface area contributed by atoms with E-state index in [4.69, 9.17) is 10.8 Å². The molecule has 1 aliphatic rings. The third-order valence-corrected chi connectivity index (χ3v) is 4.14. The van der Waals surface area contributed by atoms with Crippen molar-refractivity contribution in [2.75, 3.05) is 0 Å². The zero-order chi connectivity index (χ0) is 12.5. The van der Waals surface area contributed by atoms with Crippen LogP contribution in [0.3, 0.4) is 0 Å². The van der Waals surface area contributed by atoms with Crippen molar-refractivity contribution >= 4 is 26.8 Å². The number of nitrogens with two attached hydrogens (primary N) is 1. The van der Waals surface area contributed by atoms with Gasteiger partial charge in [0.05, 0.1) is 17.3 Å².